The molecular weight excluding hydrogens is 348 g/mol. The lowest BCUT2D eigenvalue weighted by Crippen LogP contribution is -2.47. The van der Waals surface area contributed by atoms with Crippen molar-refractivity contribution in [3.8, 4) is 0 Å². The smallest absolute Gasteiger partial charge is 0.309 e. The van der Waals surface area contributed by atoms with Gasteiger partial charge in [0.05, 0.1) is 13.1 Å². The van der Waals surface area contributed by atoms with E-state index in [9.17, 15) is 4.79 Å². The van der Waals surface area contributed by atoms with Crippen LogP contribution in [0.5, 0.6) is 0 Å². The number of ether oxygens (including phenoxy) is 1. The molecule has 4 atom stereocenters. The number of esters is 1. The summed E-state index contributed by atoms with van der Waals surface area (Å²) in [6, 6.07) is 10.5. The first kappa shape index (κ1) is 22.2. The molecule has 1 aromatic carbocycles. The molecule has 0 N–H and O–H groups in total. The van der Waals surface area contributed by atoms with Crippen LogP contribution in [0.25, 0.3) is 0 Å². The lowest BCUT2D eigenvalue weighted by atomic mass is 9.75. The van der Waals surface area contributed by atoms with E-state index >= 15 is 0 Å². The molecule has 0 bridgehead atoms. The van der Waals surface area contributed by atoms with E-state index in [2.05, 4.69) is 71.6 Å². The lowest BCUT2D eigenvalue weighted by Gasteiger charge is -2.42. The van der Waals surface area contributed by atoms with Crippen LogP contribution in [0.2, 0.25) is 24.7 Å². The summed E-state index contributed by atoms with van der Waals surface area (Å²) in [5, 5.41) is -0.356. The fraction of sp³-hybridized carbons (Fsp3) is 0.708. The van der Waals surface area contributed by atoms with Crippen molar-refractivity contribution >= 4 is 14.0 Å². The van der Waals surface area contributed by atoms with Gasteiger partial charge in [-0.3, -0.25) is 4.79 Å². The Labute approximate surface area is 168 Å². The second-order valence-corrected chi connectivity index (χ2v) is 15.9. The Morgan fingerprint density at radius 1 is 1.19 bits per heavy atom. The molecule has 1 aromatic rings. The molecule has 0 heterocycles. The van der Waals surface area contributed by atoms with Crippen LogP contribution in [0.3, 0.4) is 0 Å². The topological polar surface area (TPSA) is 26.3 Å². The minimum Gasteiger partial charge on any atom is -0.462 e. The van der Waals surface area contributed by atoms with Crippen molar-refractivity contribution in [2.24, 2.45) is 17.8 Å². The van der Waals surface area contributed by atoms with Crippen molar-refractivity contribution < 1.29 is 9.53 Å². The van der Waals surface area contributed by atoms with Gasteiger partial charge in [-0.05, 0) is 49.0 Å². The molecule has 1 fully saturated rings. The van der Waals surface area contributed by atoms with Crippen molar-refractivity contribution in [1.29, 1.82) is 0 Å². The third-order valence-corrected chi connectivity index (χ3v) is 10.8. The second-order valence-electron chi connectivity index (χ2n) is 10.3. The predicted octanol–water partition coefficient (Wildman–Crippen LogP) is 6.72. The molecule has 0 radical (unpaired) electrons. The second kappa shape index (κ2) is 8.94. The maximum absolute atomic E-state index is 13.5. The van der Waals surface area contributed by atoms with Gasteiger partial charge in [0, 0.05) is 0 Å². The highest BCUT2D eigenvalue weighted by atomic mass is 28.3. The highest BCUT2D eigenvalue weighted by Gasteiger charge is 2.48. The normalized spacial score (nSPS) is 25.9. The molecule has 0 aromatic heterocycles. The zero-order valence-corrected chi connectivity index (χ0v) is 19.5. The third-order valence-electron chi connectivity index (χ3n) is 7.08. The summed E-state index contributed by atoms with van der Waals surface area (Å²) >= 11 is 0. The van der Waals surface area contributed by atoms with Crippen LogP contribution in [0.1, 0.15) is 58.9 Å². The number of hydrogen-bond acceptors (Lipinski definition) is 2. The van der Waals surface area contributed by atoms with Crippen LogP contribution in [-0.2, 0) is 16.0 Å². The van der Waals surface area contributed by atoms with E-state index in [0.29, 0.717) is 17.8 Å². The van der Waals surface area contributed by atoms with Gasteiger partial charge >= 0.3 is 5.97 Å². The van der Waals surface area contributed by atoms with E-state index in [1.165, 1.54) is 18.4 Å². The summed E-state index contributed by atoms with van der Waals surface area (Å²) in [4.78, 5) is 13.5. The SMILES string of the molecule is CC(C)[C@@H]1CC[C@@H](C)C[C@H]1OC(=O)[C@](C)(CCc1ccccc1)[Si](C)(C)C. The summed E-state index contributed by atoms with van der Waals surface area (Å²) in [7, 11) is -1.75. The number of hydrogen-bond donors (Lipinski definition) is 0. The number of carbonyl (C=O) groups excluding carboxylic acids is 1. The highest BCUT2D eigenvalue weighted by Crippen LogP contribution is 2.45. The van der Waals surface area contributed by atoms with Crippen molar-refractivity contribution in [3.63, 3.8) is 0 Å². The van der Waals surface area contributed by atoms with Crippen LogP contribution >= 0.6 is 0 Å². The van der Waals surface area contributed by atoms with Crippen LogP contribution in [0.15, 0.2) is 30.3 Å². The molecule has 1 saturated carbocycles. The predicted molar refractivity (Wildman–Crippen MR) is 118 cm³/mol. The number of benzene rings is 1. The zero-order chi connectivity index (χ0) is 20.2. The summed E-state index contributed by atoms with van der Waals surface area (Å²) in [6.45, 7) is 15.9. The van der Waals surface area contributed by atoms with Gasteiger partial charge in [0.25, 0.3) is 0 Å². The number of aryl methyl sites for hydroxylation is 1. The largest absolute Gasteiger partial charge is 0.462 e. The number of rotatable bonds is 7. The van der Waals surface area contributed by atoms with Crippen LogP contribution in [0, 0.1) is 17.8 Å². The fourth-order valence-electron chi connectivity index (χ4n) is 4.34. The van der Waals surface area contributed by atoms with Gasteiger partial charge in [-0.2, -0.15) is 0 Å². The van der Waals surface area contributed by atoms with E-state index in [1.807, 2.05) is 6.07 Å². The van der Waals surface area contributed by atoms with E-state index in [0.717, 1.165) is 19.3 Å². The van der Waals surface area contributed by atoms with Crippen LogP contribution in [-0.4, -0.2) is 20.1 Å². The first-order valence-electron chi connectivity index (χ1n) is 10.8. The molecule has 27 heavy (non-hydrogen) atoms. The van der Waals surface area contributed by atoms with Crippen LogP contribution in [0.4, 0.5) is 0 Å². The van der Waals surface area contributed by atoms with E-state index in [4.69, 9.17) is 4.74 Å². The molecular formula is C24H40O2Si. The first-order chi connectivity index (χ1) is 12.5. The first-order valence-corrected chi connectivity index (χ1v) is 14.3. The van der Waals surface area contributed by atoms with E-state index in [-0.39, 0.29) is 17.1 Å². The van der Waals surface area contributed by atoms with E-state index in [1.54, 1.807) is 0 Å². The molecule has 0 amide bonds. The highest BCUT2D eigenvalue weighted by molar-refractivity contribution is 6.82. The maximum atomic E-state index is 13.5. The van der Waals surface area contributed by atoms with Gasteiger partial charge in [-0.1, -0.05) is 84.1 Å². The third kappa shape index (κ3) is 5.46. The molecule has 0 unspecified atom stereocenters. The lowest BCUT2D eigenvalue weighted by molar-refractivity contribution is -0.159. The Morgan fingerprint density at radius 2 is 1.81 bits per heavy atom. The molecule has 2 nitrogen and oxygen atoms in total. The molecule has 2 rings (SSSR count). The Balaban J connectivity index is 2.15. The Kier molecular flexibility index (Phi) is 7.35. The van der Waals surface area contributed by atoms with Gasteiger partial charge in [-0.25, -0.2) is 0 Å². The molecule has 0 spiro atoms. The Bertz CT molecular complexity index is 605. The average Bonchev–Trinajstić information content (AvgIpc) is 2.59. The Morgan fingerprint density at radius 3 is 2.37 bits per heavy atom. The van der Waals surface area contributed by atoms with Gasteiger partial charge in [0.15, 0.2) is 0 Å². The molecule has 3 heteroatoms. The summed E-state index contributed by atoms with van der Waals surface area (Å²) in [5.74, 6) is 1.78. The average molecular weight is 389 g/mol. The zero-order valence-electron chi connectivity index (χ0n) is 18.5. The summed E-state index contributed by atoms with van der Waals surface area (Å²) in [5.41, 5.74) is 1.31. The molecule has 1 aliphatic rings. The quantitative estimate of drug-likeness (QED) is 0.383. The monoisotopic (exact) mass is 388 g/mol. The minimum absolute atomic E-state index is 0.0577. The van der Waals surface area contributed by atoms with Gasteiger partial charge < -0.3 is 4.74 Å². The maximum Gasteiger partial charge on any atom is 0.309 e. The van der Waals surface area contributed by atoms with Gasteiger partial charge in [0.1, 0.15) is 6.10 Å². The summed E-state index contributed by atoms with van der Waals surface area (Å²) < 4.78 is 6.31. The minimum atomic E-state index is -1.75. The van der Waals surface area contributed by atoms with Crippen molar-refractivity contribution in [2.75, 3.05) is 0 Å². The summed E-state index contributed by atoms with van der Waals surface area (Å²) in [6.07, 6.45) is 5.37. The van der Waals surface area contributed by atoms with Crippen molar-refractivity contribution in [1.82, 2.24) is 0 Å². The van der Waals surface area contributed by atoms with Crippen LogP contribution < -0.4 is 0 Å². The van der Waals surface area contributed by atoms with Crippen molar-refractivity contribution in [2.45, 2.75) is 90.6 Å². The molecule has 152 valence electrons. The molecule has 0 saturated heterocycles. The molecule has 0 aliphatic heterocycles. The van der Waals surface area contributed by atoms with Gasteiger partial charge in [0.2, 0.25) is 0 Å². The molecule has 1 aliphatic carbocycles. The van der Waals surface area contributed by atoms with E-state index < -0.39 is 8.07 Å². The number of carbonyl (C=O) groups is 1. The van der Waals surface area contributed by atoms with Gasteiger partial charge in [-0.15, -0.1) is 0 Å². The standard InChI is InChI=1S/C24H40O2Si/c1-18(2)21-14-13-19(3)17-22(21)26-23(25)24(4,27(5,6)7)16-15-20-11-9-8-10-12-20/h8-12,18-19,21-22H,13-17H2,1-7H3/t19-,21+,22-,24+/m1/s1. The van der Waals surface area contributed by atoms with Crippen molar-refractivity contribution in [3.05, 3.63) is 35.9 Å². The fourth-order valence-corrected chi connectivity index (χ4v) is 5.89. The Hall–Kier alpha value is -1.09.